The highest BCUT2D eigenvalue weighted by atomic mass is 79.9. The van der Waals surface area contributed by atoms with E-state index in [1.165, 1.54) is 34.6 Å². The first-order valence-corrected chi connectivity index (χ1v) is 7.89. The minimum atomic E-state index is 1.03. The van der Waals surface area contributed by atoms with Gasteiger partial charge in [-0.1, -0.05) is 6.07 Å². The van der Waals surface area contributed by atoms with Crippen molar-refractivity contribution in [3.05, 3.63) is 34.2 Å². The lowest BCUT2D eigenvalue weighted by Crippen LogP contribution is -1.98. The summed E-state index contributed by atoms with van der Waals surface area (Å²) in [7, 11) is 2.03. The molecule has 0 amide bonds. The molecule has 1 aromatic heterocycles. The molecule has 1 aliphatic rings. The molecule has 0 N–H and O–H groups in total. The standard InChI is InChI=1S/C14H15BrN2S/c1-9-16-13(14(15)17(9)2)11-5-6-12-10(8-11)4-3-7-18-12/h5-6,8H,3-4,7H2,1-2H3. The van der Waals surface area contributed by atoms with Crippen LogP contribution in [0.1, 0.15) is 17.8 Å². The van der Waals surface area contributed by atoms with Crippen molar-refractivity contribution in [1.82, 2.24) is 9.55 Å². The zero-order valence-corrected chi connectivity index (χ0v) is 12.9. The lowest BCUT2D eigenvalue weighted by Gasteiger charge is -2.15. The average Bonchev–Trinajstić information content (AvgIpc) is 2.66. The van der Waals surface area contributed by atoms with Gasteiger partial charge in [-0.2, -0.15) is 0 Å². The van der Waals surface area contributed by atoms with E-state index in [9.17, 15) is 0 Å². The second-order valence-corrected chi connectivity index (χ2v) is 6.52. The molecule has 4 heteroatoms. The summed E-state index contributed by atoms with van der Waals surface area (Å²) in [6.07, 6.45) is 2.48. The number of hydrogen-bond donors (Lipinski definition) is 0. The fourth-order valence-electron chi connectivity index (χ4n) is 2.28. The Morgan fingerprint density at radius 3 is 2.94 bits per heavy atom. The van der Waals surface area contributed by atoms with Crippen molar-refractivity contribution in [2.75, 3.05) is 5.75 Å². The Morgan fingerprint density at radius 2 is 2.22 bits per heavy atom. The molecule has 0 saturated carbocycles. The summed E-state index contributed by atoms with van der Waals surface area (Å²) >= 11 is 5.60. The Morgan fingerprint density at radius 1 is 1.39 bits per heavy atom. The highest BCUT2D eigenvalue weighted by Gasteiger charge is 2.15. The smallest absolute Gasteiger partial charge is 0.112 e. The first-order chi connectivity index (χ1) is 8.66. The predicted molar refractivity (Wildman–Crippen MR) is 80.1 cm³/mol. The van der Waals surface area contributed by atoms with E-state index in [0.717, 1.165) is 16.1 Å². The van der Waals surface area contributed by atoms with Crippen LogP contribution >= 0.6 is 27.7 Å². The van der Waals surface area contributed by atoms with Crippen LogP contribution < -0.4 is 0 Å². The van der Waals surface area contributed by atoms with Gasteiger partial charge in [0.2, 0.25) is 0 Å². The molecule has 0 spiro atoms. The minimum Gasteiger partial charge on any atom is -0.326 e. The van der Waals surface area contributed by atoms with Gasteiger partial charge >= 0.3 is 0 Å². The molecular weight excluding hydrogens is 308 g/mol. The molecule has 0 aliphatic carbocycles. The van der Waals surface area contributed by atoms with E-state index in [0.29, 0.717) is 0 Å². The fraction of sp³-hybridized carbons (Fsp3) is 0.357. The zero-order valence-electron chi connectivity index (χ0n) is 10.5. The number of halogens is 1. The number of imidazole rings is 1. The van der Waals surface area contributed by atoms with Crippen molar-refractivity contribution in [1.29, 1.82) is 0 Å². The maximum absolute atomic E-state index is 4.64. The predicted octanol–water partition coefficient (Wildman–Crippen LogP) is 4.20. The third kappa shape index (κ3) is 2.01. The van der Waals surface area contributed by atoms with E-state index in [4.69, 9.17) is 0 Å². The maximum Gasteiger partial charge on any atom is 0.112 e. The maximum atomic E-state index is 4.64. The second kappa shape index (κ2) is 4.74. The first-order valence-electron chi connectivity index (χ1n) is 6.12. The van der Waals surface area contributed by atoms with Crippen LogP contribution in [0.25, 0.3) is 11.3 Å². The van der Waals surface area contributed by atoms with Crippen LogP contribution in [0.15, 0.2) is 27.7 Å². The highest BCUT2D eigenvalue weighted by molar-refractivity contribution is 9.10. The number of benzene rings is 1. The van der Waals surface area contributed by atoms with Gasteiger partial charge in [-0.3, -0.25) is 0 Å². The summed E-state index contributed by atoms with van der Waals surface area (Å²) in [5, 5.41) is 0. The van der Waals surface area contributed by atoms with Crippen LogP contribution in [0.2, 0.25) is 0 Å². The molecule has 3 rings (SSSR count). The fourth-order valence-corrected chi connectivity index (χ4v) is 3.87. The van der Waals surface area contributed by atoms with Crippen molar-refractivity contribution in [2.24, 2.45) is 7.05 Å². The first kappa shape index (κ1) is 12.3. The minimum absolute atomic E-state index is 1.03. The van der Waals surface area contributed by atoms with Crippen LogP contribution in [-0.4, -0.2) is 15.3 Å². The van der Waals surface area contributed by atoms with Crippen LogP contribution in [0.3, 0.4) is 0 Å². The Labute approximate surface area is 120 Å². The molecule has 0 atom stereocenters. The molecule has 0 unspecified atom stereocenters. The quantitative estimate of drug-likeness (QED) is 0.783. The molecule has 0 radical (unpaired) electrons. The molecule has 0 bridgehead atoms. The molecule has 2 heterocycles. The van der Waals surface area contributed by atoms with Crippen LogP contribution in [0.4, 0.5) is 0 Å². The lowest BCUT2D eigenvalue weighted by atomic mass is 10.0. The van der Waals surface area contributed by atoms with Crippen LogP contribution in [-0.2, 0) is 13.5 Å². The highest BCUT2D eigenvalue weighted by Crippen LogP contribution is 2.35. The average molecular weight is 323 g/mol. The Hall–Kier alpha value is -0.740. The van der Waals surface area contributed by atoms with Gasteiger partial charge in [-0.15, -0.1) is 11.8 Å². The van der Waals surface area contributed by atoms with Gasteiger partial charge in [0.25, 0.3) is 0 Å². The third-order valence-electron chi connectivity index (χ3n) is 3.43. The third-order valence-corrected chi connectivity index (χ3v) is 5.54. The van der Waals surface area contributed by atoms with Gasteiger partial charge in [-0.25, -0.2) is 4.98 Å². The summed E-state index contributed by atoms with van der Waals surface area (Å²) in [5.41, 5.74) is 3.74. The number of nitrogens with zero attached hydrogens (tertiary/aromatic N) is 2. The number of aryl methyl sites for hydroxylation is 2. The van der Waals surface area contributed by atoms with E-state index in [1.54, 1.807) is 0 Å². The molecule has 2 aromatic rings. The van der Waals surface area contributed by atoms with E-state index >= 15 is 0 Å². The molecule has 18 heavy (non-hydrogen) atoms. The molecule has 0 fully saturated rings. The number of rotatable bonds is 1. The van der Waals surface area contributed by atoms with Crippen molar-refractivity contribution in [3.8, 4) is 11.3 Å². The Bertz CT molecular complexity index is 604. The molecule has 94 valence electrons. The van der Waals surface area contributed by atoms with Crippen molar-refractivity contribution in [2.45, 2.75) is 24.7 Å². The number of fused-ring (bicyclic) bond motifs is 1. The number of thioether (sulfide) groups is 1. The monoisotopic (exact) mass is 322 g/mol. The van der Waals surface area contributed by atoms with Gasteiger partial charge in [-0.05, 0) is 59.1 Å². The van der Waals surface area contributed by atoms with Gasteiger partial charge < -0.3 is 4.57 Å². The number of hydrogen-bond acceptors (Lipinski definition) is 2. The normalized spacial score (nSPS) is 14.6. The van der Waals surface area contributed by atoms with E-state index < -0.39 is 0 Å². The topological polar surface area (TPSA) is 17.8 Å². The summed E-state index contributed by atoms with van der Waals surface area (Å²) < 4.78 is 3.13. The second-order valence-electron chi connectivity index (χ2n) is 4.63. The summed E-state index contributed by atoms with van der Waals surface area (Å²) in [6, 6.07) is 6.72. The van der Waals surface area contributed by atoms with Crippen molar-refractivity contribution >= 4 is 27.7 Å². The van der Waals surface area contributed by atoms with Gasteiger partial charge in [0.15, 0.2) is 0 Å². The molecular formula is C14H15BrN2S. The Kier molecular flexibility index (Phi) is 3.24. The van der Waals surface area contributed by atoms with Crippen molar-refractivity contribution in [3.63, 3.8) is 0 Å². The van der Waals surface area contributed by atoms with E-state index in [-0.39, 0.29) is 0 Å². The Balaban J connectivity index is 2.09. The summed E-state index contributed by atoms with van der Waals surface area (Å²) in [4.78, 5) is 6.08. The molecule has 0 saturated heterocycles. The summed E-state index contributed by atoms with van der Waals surface area (Å²) in [6.45, 7) is 2.03. The van der Waals surface area contributed by atoms with Crippen LogP contribution in [0.5, 0.6) is 0 Å². The van der Waals surface area contributed by atoms with Crippen molar-refractivity contribution < 1.29 is 0 Å². The van der Waals surface area contributed by atoms with Gasteiger partial charge in [0, 0.05) is 17.5 Å². The molecule has 2 nitrogen and oxygen atoms in total. The lowest BCUT2D eigenvalue weighted by molar-refractivity contribution is 0.840. The summed E-state index contributed by atoms with van der Waals surface area (Å²) in [5.74, 6) is 2.28. The van der Waals surface area contributed by atoms with Gasteiger partial charge in [0.05, 0.1) is 0 Å². The number of aromatic nitrogens is 2. The molecule has 1 aromatic carbocycles. The van der Waals surface area contributed by atoms with Gasteiger partial charge in [0.1, 0.15) is 16.1 Å². The molecule has 1 aliphatic heterocycles. The zero-order chi connectivity index (χ0) is 12.7. The van der Waals surface area contributed by atoms with Crippen LogP contribution in [0, 0.1) is 6.92 Å². The van der Waals surface area contributed by atoms with E-state index in [1.807, 2.05) is 25.7 Å². The SMILES string of the molecule is Cc1nc(-c2ccc3c(c2)CCCS3)c(Br)n1C. The largest absolute Gasteiger partial charge is 0.326 e. The van der Waals surface area contributed by atoms with E-state index in [2.05, 4.69) is 43.7 Å².